The first-order valence-electron chi connectivity index (χ1n) is 6.44. The second kappa shape index (κ2) is 6.33. The van der Waals surface area contributed by atoms with E-state index in [9.17, 15) is 14.7 Å². The van der Waals surface area contributed by atoms with Crippen LogP contribution < -0.4 is 10.6 Å². The molecule has 1 atom stereocenters. The number of hydrogen-bond donors (Lipinski definition) is 3. The van der Waals surface area contributed by atoms with Gasteiger partial charge in [-0.15, -0.1) is 0 Å². The van der Waals surface area contributed by atoms with Gasteiger partial charge in [-0.05, 0) is 18.4 Å². The minimum Gasteiger partial charge on any atom is -0.481 e. The molecule has 1 aliphatic rings. The number of amides is 1. The molecule has 1 aromatic carbocycles. The molecule has 1 saturated carbocycles. The standard InChI is InChI=1S/C14H18N2O3/c17-13(16-11-6-7-11)9-15-8-12(14(18)19)10-4-2-1-3-5-10/h1-5,11-12,15H,6-9H2,(H,16,17)(H,18,19). The third-order valence-corrected chi connectivity index (χ3v) is 3.08. The lowest BCUT2D eigenvalue weighted by Gasteiger charge is -2.13. The Morgan fingerprint density at radius 2 is 1.95 bits per heavy atom. The van der Waals surface area contributed by atoms with E-state index in [2.05, 4.69) is 10.6 Å². The molecule has 3 N–H and O–H groups in total. The quantitative estimate of drug-likeness (QED) is 0.676. The van der Waals surface area contributed by atoms with Crippen molar-refractivity contribution in [2.45, 2.75) is 24.8 Å². The summed E-state index contributed by atoms with van der Waals surface area (Å²) in [6, 6.07) is 9.36. The zero-order chi connectivity index (χ0) is 13.7. The monoisotopic (exact) mass is 262 g/mol. The summed E-state index contributed by atoms with van der Waals surface area (Å²) in [7, 11) is 0. The summed E-state index contributed by atoms with van der Waals surface area (Å²) in [4.78, 5) is 22.7. The molecule has 1 unspecified atom stereocenters. The fourth-order valence-corrected chi connectivity index (χ4v) is 1.87. The highest BCUT2D eigenvalue weighted by atomic mass is 16.4. The molecule has 0 spiro atoms. The van der Waals surface area contributed by atoms with Gasteiger partial charge >= 0.3 is 5.97 Å². The van der Waals surface area contributed by atoms with Crippen LogP contribution >= 0.6 is 0 Å². The summed E-state index contributed by atoms with van der Waals surface area (Å²) in [5.74, 6) is -1.59. The number of rotatable bonds is 7. The molecule has 1 aromatic rings. The molecule has 5 heteroatoms. The zero-order valence-corrected chi connectivity index (χ0v) is 10.6. The highest BCUT2D eigenvalue weighted by Crippen LogP contribution is 2.18. The molecule has 0 radical (unpaired) electrons. The van der Waals surface area contributed by atoms with Crippen LogP contribution in [0.2, 0.25) is 0 Å². The van der Waals surface area contributed by atoms with E-state index in [1.807, 2.05) is 18.2 Å². The second-order valence-electron chi connectivity index (χ2n) is 4.77. The van der Waals surface area contributed by atoms with E-state index in [-0.39, 0.29) is 19.0 Å². The average Bonchev–Trinajstić information content (AvgIpc) is 3.19. The van der Waals surface area contributed by atoms with Crippen molar-refractivity contribution in [2.75, 3.05) is 13.1 Å². The number of aliphatic carboxylic acids is 1. The van der Waals surface area contributed by atoms with Crippen molar-refractivity contribution in [3.05, 3.63) is 35.9 Å². The molecule has 1 aliphatic carbocycles. The molecule has 0 heterocycles. The van der Waals surface area contributed by atoms with E-state index in [1.54, 1.807) is 12.1 Å². The maximum atomic E-state index is 11.5. The number of hydrogen-bond acceptors (Lipinski definition) is 3. The lowest BCUT2D eigenvalue weighted by Crippen LogP contribution is -2.37. The SMILES string of the molecule is O=C(CNCC(C(=O)O)c1ccccc1)NC1CC1. The van der Waals surface area contributed by atoms with Gasteiger partial charge in [0.15, 0.2) is 0 Å². The summed E-state index contributed by atoms with van der Waals surface area (Å²) in [6.45, 7) is 0.407. The first-order chi connectivity index (χ1) is 9.16. The minimum atomic E-state index is -0.888. The lowest BCUT2D eigenvalue weighted by atomic mass is 9.99. The number of carboxylic acids is 1. The Bertz CT molecular complexity index is 443. The second-order valence-corrected chi connectivity index (χ2v) is 4.77. The lowest BCUT2D eigenvalue weighted by molar-refractivity contribution is -0.138. The number of carboxylic acid groups (broad SMARTS) is 1. The minimum absolute atomic E-state index is 0.0697. The predicted molar refractivity (Wildman–Crippen MR) is 70.9 cm³/mol. The summed E-state index contributed by atoms with van der Waals surface area (Å²) >= 11 is 0. The number of benzene rings is 1. The van der Waals surface area contributed by atoms with Crippen LogP contribution in [0.5, 0.6) is 0 Å². The largest absolute Gasteiger partial charge is 0.481 e. The highest BCUT2D eigenvalue weighted by Gasteiger charge is 2.23. The van der Waals surface area contributed by atoms with Gasteiger partial charge in [0, 0.05) is 12.6 Å². The molecule has 0 aliphatic heterocycles. The first-order valence-corrected chi connectivity index (χ1v) is 6.44. The zero-order valence-electron chi connectivity index (χ0n) is 10.6. The van der Waals surface area contributed by atoms with Crippen LogP contribution in [0, 0.1) is 0 Å². The van der Waals surface area contributed by atoms with Crippen LogP contribution in [-0.4, -0.2) is 36.1 Å². The van der Waals surface area contributed by atoms with Crippen molar-refractivity contribution in [3.8, 4) is 0 Å². The molecule has 2 rings (SSSR count). The Kier molecular flexibility index (Phi) is 4.52. The smallest absolute Gasteiger partial charge is 0.312 e. The van der Waals surface area contributed by atoms with E-state index in [1.165, 1.54) is 0 Å². The Morgan fingerprint density at radius 1 is 1.26 bits per heavy atom. The van der Waals surface area contributed by atoms with E-state index in [0.29, 0.717) is 6.04 Å². The summed E-state index contributed by atoms with van der Waals surface area (Å²) in [6.07, 6.45) is 2.10. The van der Waals surface area contributed by atoms with E-state index in [0.717, 1.165) is 18.4 Å². The van der Waals surface area contributed by atoms with Crippen molar-refractivity contribution < 1.29 is 14.7 Å². The fourth-order valence-electron chi connectivity index (χ4n) is 1.87. The van der Waals surface area contributed by atoms with Crippen molar-refractivity contribution in [1.82, 2.24) is 10.6 Å². The van der Waals surface area contributed by atoms with Crippen molar-refractivity contribution in [1.29, 1.82) is 0 Å². The number of carbonyl (C=O) groups excluding carboxylic acids is 1. The van der Waals surface area contributed by atoms with Gasteiger partial charge in [0.1, 0.15) is 0 Å². The predicted octanol–water partition coefficient (Wildman–Crippen LogP) is 0.723. The van der Waals surface area contributed by atoms with Crippen LogP contribution in [-0.2, 0) is 9.59 Å². The molecular formula is C14H18N2O3. The Morgan fingerprint density at radius 3 is 2.53 bits per heavy atom. The van der Waals surface area contributed by atoms with Gasteiger partial charge in [0.05, 0.1) is 12.5 Å². The van der Waals surface area contributed by atoms with E-state index < -0.39 is 11.9 Å². The normalized spacial score (nSPS) is 15.8. The van der Waals surface area contributed by atoms with Crippen molar-refractivity contribution >= 4 is 11.9 Å². The maximum Gasteiger partial charge on any atom is 0.312 e. The van der Waals surface area contributed by atoms with Gasteiger partial charge < -0.3 is 15.7 Å². The first kappa shape index (κ1) is 13.5. The van der Waals surface area contributed by atoms with Gasteiger partial charge in [0.2, 0.25) is 5.91 Å². The number of carbonyl (C=O) groups is 2. The summed E-state index contributed by atoms with van der Waals surface area (Å²) in [5, 5.41) is 15.0. The highest BCUT2D eigenvalue weighted by molar-refractivity contribution is 5.79. The number of nitrogens with one attached hydrogen (secondary N) is 2. The van der Waals surface area contributed by atoms with Gasteiger partial charge in [-0.3, -0.25) is 9.59 Å². The van der Waals surface area contributed by atoms with Crippen LogP contribution in [0.3, 0.4) is 0 Å². The fraction of sp³-hybridized carbons (Fsp3) is 0.429. The Labute approximate surface area is 112 Å². The van der Waals surface area contributed by atoms with Gasteiger partial charge in [-0.1, -0.05) is 30.3 Å². The molecule has 1 amide bonds. The van der Waals surface area contributed by atoms with Crippen molar-refractivity contribution in [2.24, 2.45) is 0 Å². The molecule has 0 aromatic heterocycles. The molecule has 1 fully saturated rings. The molecule has 5 nitrogen and oxygen atoms in total. The van der Waals surface area contributed by atoms with Crippen LogP contribution in [0.15, 0.2) is 30.3 Å². The molecular weight excluding hydrogens is 244 g/mol. The Balaban J connectivity index is 1.80. The summed E-state index contributed by atoms with van der Waals surface area (Å²) in [5.41, 5.74) is 0.741. The maximum absolute atomic E-state index is 11.5. The molecule has 102 valence electrons. The van der Waals surface area contributed by atoms with E-state index in [4.69, 9.17) is 0 Å². The molecule has 0 bridgehead atoms. The topological polar surface area (TPSA) is 78.4 Å². The van der Waals surface area contributed by atoms with E-state index >= 15 is 0 Å². The molecule has 0 saturated heterocycles. The third kappa shape index (κ3) is 4.37. The van der Waals surface area contributed by atoms with Gasteiger partial charge in [0.25, 0.3) is 0 Å². The summed E-state index contributed by atoms with van der Waals surface area (Å²) < 4.78 is 0. The molecule has 19 heavy (non-hydrogen) atoms. The van der Waals surface area contributed by atoms with Crippen molar-refractivity contribution in [3.63, 3.8) is 0 Å². The van der Waals surface area contributed by atoms with Gasteiger partial charge in [-0.25, -0.2) is 0 Å². The third-order valence-electron chi connectivity index (χ3n) is 3.08. The average molecular weight is 262 g/mol. The van der Waals surface area contributed by atoms with Gasteiger partial charge in [-0.2, -0.15) is 0 Å². The van der Waals surface area contributed by atoms with Crippen LogP contribution in [0.25, 0.3) is 0 Å². The van der Waals surface area contributed by atoms with Crippen LogP contribution in [0.4, 0.5) is 0 Å². The Hall–Kier alpha value is -1.88. The van der Waals surface area contributed by atoms with Crippen LogP contribution in [0.1, 0.15) is 24.3 Å².